The molecule has 3 fully saturated rings. The molecule has 0 aromatic rings. The number of rotatable bonds is 5. The van der Waals surface area contributed by atoms with Crippen molar-refractivity contribution in [3.63, 3.8) is 0 Å². The van der Waals surface area contributed by atoms with Crippen molar-refractivity contribution in [2.24, 2.45) is 40.4 Å². The van der Waals surface area contributed by atoms with E-state index in [9.17, 15) is 35.8 Å². The molecule has 36 heavy (non-hydrogen) atoms. The van der Waals surface area contributed by atoms with E-state index in [2.05, 4.69) is 19.9 Å². The van der Waals surface area contributed by atoms with Crippen LogP contribution in [0.4, 0.5) is 30.7 Å². The van der Waals surface area contributed by atoms with Gasteiger partial charge in [0.2, 0.25) is 0 Å². The number of hydrogen-bond donors (Lipinski definition) is 1. The van der Waals surface area contributed by atoms with Crippen molar-refractivity contribution in [2.45, 2.75) is 113 Å². The first-order valence-electron chi connectivity index (χ1n) is 13.3. The second-order valence-electron chi connectivity index (χ2n) is 12.7. The zero-order chi connectivity index (χ0) is 26.9. The Bertz CT molecular complexity index is 840. The first kappa shape index (κ1) is 28.9. The van der Waals surface area contributed by atoms with Crippen LogP contribution in [-0.4, -0.2) is 33.2 Å². The van der Waals surface area contributed by atoms with Crippen molar-refractivity contribution in [1.82, 2.24) is 0 Å². The molecule has 208 valence electrons. The van der Waals surface area contributed by atoms with Crippen LogP contribution in [0.2, 0.25) is 0 Å². The van der Waals surface area contributed by atoms with Gasteiger partial charge in [0.25, 0.3) is 5.67 Å². The molecule has 9 heteroatoms. The summed E-state index contributed by atoms with van der Waals surface area (Å²) < 4.78 is 91.8. The van der Waals surface area contributed by atoms with E-state index in [1.54, 1.807) is 22.6 Å². The summed E-state index contributed by atoms with van der Waals surface area (Å²) in [6, 6.07) is 0. The highest BCUT2D eigenvalue weighted by molar-refractivity contribution is 14.1. The molecule has 9 atom stereocenters. The van der Waals surface area contributed by atoms with Crippen LogP contribution in [0.3, 0.4) is 0 Å². The fraction of sp³-hybridized carbons (Fsp3) is 0.926. The fourth-order valence-electron chi connectivity index (χ4n) is 8.97. The van der Waals surface area contributed by atoms with Crippen LogP contribution < -0.4 is 0 Å². The molecule has 0 unspecified atom stereocenters. The van der Waals surface area contributed by atoms with Crippen LogP contribution in [0.25, 0.3) is 0 Å². The Hall–Kier alpha value is -0.0600. The Labute approximate surface area is 223 Å². The summed E-state index contributed by atoms with van der Waals surface area (Å²) in [5, 5.41) is 10.2. The smallest absolute Gasteiger partial charge is 0.393 e. The summed E-state index contributed by atoms with van der Waals surface area (Å²) in [5.74, 6) is 1.68. The Morgan fingerprint density at radius 1 is 0.972 bits per heavy atom. The average molecular weight is 638 g/mol. The van der Waals surface area contributed by atoms with Crippen LogP contribution >= 0.6 is 22.6 Å². The highest BCUT2D eigenvalue weighted by Gasteiger charge is 2.72. The molecule has 0 aromatic heterocycles. The van der Waals surface area contributed by atoms with Crippen molar-refractivity contribution < 1.29 is 35.8 Å². The predicted molar refractivity (Wildman–Crippen MR) is 133 cm³/mol. The van der Waals surface area contributed by atoms with E-state index in [0.717, 1.165) is 51.4 Å². The number of halogens is 8. The maximum atomic E-state index is 14.3. The lowest BCUT2D eigenvalue weighted by molar-refractivity contribution is -0.343. The van der Waals surface area contributed by atoms with E-state index in [1.807, 2.05) is 6.92 Å². The molecule has 0 radical (unpaired) electrons. The van der Waals surface area contributed by atoms with Crippen LogP contribution in [0, 0.1) is 40.4 Å². The molecule has 1 N–H and O–H groups in total. The highest BCUT2D eigenvalue weighted by Crippen LogP contribution is 2.67. The van der Waals surface area contributed by atoms with Gasteiger partial charge in [0.05, 0.1) is 6.10 Å². The van der Waals surface area contributed by atoms with Gasteiger partial charge in [0.1, 0.15) is 0 Å². The molecule has 4 aliphatic carbocycles. The van der Waals surface area contributed by atoms with Crippen LogP contribution in [-0.2, 0) is 0 Å². The molecule has 1 nitrogen and oxygen atoms in total. The van der Waals surface area contributed by atoms with Crippen molar-refractivity contribution in [3.8, 4) is 0 Å². The molecule has 0 bridgehead atoms. The van der Waals surface area contributed by atoms with Gasteiger partial charge in [-0.15, -0.1) is 0 Å². The molecule has 0 aliphatic heterocycles. The summed E-state index contributed by atoms with van der Waals surface area (Å²) in [7, 11) is 0. The number of hydrogen-bond acceptors (Lipinski definition) is 1. The molecule has 0 saturated heterocycles. The zero-order valence-electron chi connectivity index (χ0n) is 21.2. The quantitative estimate of drug-likeness (QED) is 0.138. The minimum atomic E-state index is -5.99. The maximum absolute atomic E-state index is 14.3. The van der Waals surface area contributed by atoms with Gasteiger partial charge in [0, 0.05) is 10.3 Å². The van der Waals surface area contributed by atoms with Gasteiger partial charge in [-0.05, 0) is 98.2 Å². The number of fused-ring (bicyclic) bond motifs is 5. The monoisotopic (exact) mass is 638 g/mol. The summed E-state index contributed by atoms with van der Waals surface area (Å²) in [4.78, 5) is 0. The van der Waals surface area contributed by atoms with E-state index >= 15 is 0 Å². The van der Waals surface area contributed by atoms with Crippen LogP contribution in [0.1, 0.15) is 85.0 Å². The first-order chi connectivity index (χ1) is 16.4. The van der Waals surface area contributed by atoms with E-state index in [4.69, 9.17) is 0 Å². The molecular formula is C27H38F7IO. The molecule has 4 rings (SSSR count). The maximum Gasteiger partial charge on any atom is 0.431 e. The molecule has 3 saturated carbocycles. The number of alkyl halides is 8. The lowest BCUT2D eigenvalue weighted by Crippen LogP contribution is -2.54. The summed E-state index contributed by atoms with van der Waals surface area (Å²) in [5.41, 5.74) is -3.68. The van der Waals surface area contributed by atoms with E-state index < -0.39 is 28.4 Å². The SMILES string of the molecule is C[C@H](C[C@@H](I)CC(F)(C(F)(F)F)C(F)(F)F)[C@H]1CC[C@H]2[C@@H]3CC=C4C[C@@H](O)CC[C@]4(C)[C@H]3CC[C@]12C. The standard InChI is InChI=1S/C27H38F7IO/c1-15(12-17(35)14-25(28,26(29,30)31)27(32,33)34)20-6-7-21-19-5-4-16-13-18(36)8-10-23(16,2)22(19)9-11-24(20,21)3/h4,15,17-22,36H,5-14H2,1-3H3/t15-,17-,18+,19+,20-,21+,22+,23+,24-/m1/s1. The van der Waals surface area contributed by atoms with Gasteiger partial charge in [-0.3, -0.25) is 0 Å². The van der Waals surface area contributed by atoms with Gasteiger partial charge in [0.15, 0.2) is 0 Å². The van der Waals surface area contributed by atoms with Gasteiger partial charge < -0.3 is 5.11 Å². The summed E-state index contributed by atoms with van der Waals surface area (Å²) in [6.45, 7) is 6.56. The molecule has 4 aliphatic rings. The second kappa shape index (κ2) is 9.54. The lowest BCUT2D eigenvalue weighted by Gasteiger charge is -2.58. The highest BCUT2D eigenvalue weighted by atomic mass is 127. The Balaban J connectivity index is 1.47. The predicted octanol–water partition coefficient (Wildman–Crippen LogP) is 8.98. The van der Waals surface area contributed by atoms with Crippen molar-refractivity contribution >= 4 is 22.6 Å². The average Bonchev–Trinajstić information content (AvgIpc) is 3.10. The molecule has 0 amide bonds. The summed E-state index contributed by atoms with van der Waals surface area (Å²) >= 11 is 1.59. The third kappa shape index (κ3) is 4.66. The van der Waals surface area contributed by atoms with Gasteiger partial charge >= 0.3 is 12.4 Å². The van der Waals surface area contributed by atoms with Crippen molar-refractivity contribution in [2.75, 3.05) is 0 Å². The molecule has 0 aromatic carbocycles. The van der Waals surface area contributed by atoms with Crippen molar-refractivity contribution in [3.05, 3.63) is 11.6 Å². The van der Waals surface area contributed by atoms with Gasteiger partial charge in [-0.1, -0.05) is 55.0 Å². The van der Waals surface area contributed by atoms with Crippen molar-refractivity contribution in [1.29, 1.82) is 0 Å². The Morgan fingerprint density at radius 2 is 1.61 bits per heavy atom. The van der Waals surface area contributed by atoms with E-state index in [0.29, 0.717) is 17.8 Å². The van der Waals surface area contributed by atoms with Gasteiger partial charge in [-0.2, -0.15) is 26.3 Å². The number of aliphatic hydroxyl groups is 1. The van der Waals surface area contributed by atoms with Gasteiger partial charge in [-0.25, -0.2) is 4.39 Å². The number of allylic oxidation sites excluding steroid dienone is 1. The largest absolute Gasteiger partial charge is 0.431 e. The third-order valence-electron chi connectivity index (χ3n) is 10.9. The molecular weight excluding hydrogens is 600 g/mol. The molecule has 0 spiro atoms. The molecule has 0 heterocycles. The lowest BCUT2D eigenvalue weighted by atomic mass is 9.47. The van der Waals surface area contributed by atoms with E-state index in [1.165, 1.54) is 5.57 Å². The Kier molecular flexibility index (Phi) is 7.67. The minimum absolute atomic E-state index is 0.00627. The third-order valence-corrected chi connectivity index (χ3v) is 11.8. The second-order valence-corrected chi connectivity index (χ2v) is 14.5. The van der Waals surface area contributed by atoms with E-state index in [-0.39, 0.29) is 35.2 Å². The number of aliphatic hydroxyl groups excluding tert-OH is 1. The topological polar surface area (TPSA) is 20.2 Å². The Morgan fingerprint density at radius 3 is 2.22 bits per heavy atom. The van der Waals surface area contributed by atoms with Crippen LogP contribution in [0.5, 0.6) is 0 Å². The minimum Gasteiger partial charge on any atom is -0.393 e. The first-order valence-corrected chi connectivity index (χ1v) is 14.5. The van der Waals surface area contributed by atoms with Crippen LogP contribution in [0.15, 0.2) is 11.6 Å². The zero-order valence-corrected chi connectivity index (χ0v) is 23.3. The summed E-state index contributed by atoms with van der Waals surface area (Å²) in [6.07, 6.45) is -3.78. The fourth-order valence-corrected chi connectivity index (χ4v) is 10.4. The normalized spacial score (nSPS) is 41.1.